The fourth-order valence-corrected chi connectivity index (χ4v) is 6.12. The molecule has 376 valence electrons. The SMILES string of the molecule is CC(C)C[C@H](NC(=O)[C@H](CO)NC(=O)[C@H](C)NC(=O)[C@H](CCCN=C(N)N)NC(=O)[C@@H](N)CCCN=C(N)N)C(=O)N[C@@H](CCC(N)=O)C(=O)N[C@@H](CS)C(=O)N[C@@H](CCCCN)C(=O)O. The van der Waals surface area contributed by atoms with Crippen LogP contribution >= 0.6 is 12.6 Å². The summed E-state index contributed by atoms with van der Waals surface area (Å²) in [6, 6.07) is -10.8. The summed E-state index contributed by atoms with van der Waals surface area (Å²) in [6.07, 6.45) is 0.979. The number of guanidine groups is 2. The van der Waals surface area contributed by atoms with Gasteiger partial charge in [0.1, 0.15) is 42.3 Å². The van der Waals surface area contributed by atoms with Gasteiger partial charge in [0, 0.05) is 25.3 Å². The summed E-state index contributed by atoms with van der Waals surface area (Å²) in [5, 5.41) is 36.6. The summed E-state index contributed by atoms with van der Waals surface area (Å²) in [4.78, 5) is 124. The van der Waals surface area contributed by atoms with Crippen LogP contribution in [0.3, 0.4) is 0 Å². The van der Waals surface area contributed by atoms with Gasteiger partial charge in [-0.1, -0.05) is 13.8 Å². The lowest BCUT2D eigenvalue weighted by atomic mass is 10.0. The summed E-state index contributed by atoms with van der Waals surface area (Å²) < 4.78 is 0. The predicted molar refractivity (Wildman–Crippen MR) is 246 cm³/mol. The number of carboxylic acid groups (broad SMARTS) is 1. The Balaban J connectivity index is 6.02. The normalized spacial score (nSPS) is 14.5. The van der Waals surface area contributed by atoms with Crippen molar-refractivity contribution in [1.29, 1.82) is 0 Å². The molecule has 0 spiro atoms. The minimum absolute atomic E-state index is 0.0176. The van der Waals surface area contributed by atoms with E-state index in [2.05, 4.69) is 59.8 Å². The first kappa shape index (κ1) is 60.0. The summed E-state index contributed by atoms with van der Waals surface area (Å²) in [5.74, 6) is -9.23. The smallest absolute Gasteiger partial charge is 0.326 e. The number of aliphatic hydroxyl groups excluding tert-OH is 1. The van der Waals surface area contributed by atoms with Crippen LogP contribution in [0.2, 0.25) is 0 Å². The summed E-state index contributed by atoms with van der Waals surface area (Å²) in [7, 11) is 0. The average molecular weight is 961 g/mol. The van der Waals surface area contributed by atoms with E-state index in [1.165, 1.54) is 6.92 Å². The van der Waals surface area contributed by atoms with E-state index in [1.807, 2.05) is 0 Å². The number of rotatable bonds is 34. The number of carbonyl (C=O) groups is 9. The predicted octanol–water partition coefficient (Wildman–Crippen LogP) is -6.72. The van der Waals surface area contributed by atoms with Crippen LogP contribution in [0.15, 0.2) is 9.98 Å². The number of amides is 8. The molecule has 23 N–H and O–H groups in total. The third kappa shape index (κ3) is 25.5. The van der Waals surface area contributed by atoms with Crippen molar-refractivity contribution in [3.63, 3.8) is 0 Å². The second-order valence-electron chi connectivity index (χ2n) is 15.7. The molecule has 0 aliphatic heterocycles. The zero-order valence-electron chi connectivity index (χ0n) is 37.8. The van der Waals surface area contributed by atoms with Crippen LogP contribution in [-0.4, -0.2) is 156 Å². The first-order valence-electron chi connectivity index (χ1n) is 21.4. The molecule has 0 fully saturated rings. The highest BCUT2D eigenvalue weighted by atomic mass is 32.1. The molecule has 0 heterocycles. The van der Waals surface area contributed by atoms with Crippen LogP contribution in [0.25, 0.3) is 0 Å². The molecule has 66 heavy (non-hydrogen) atoms. The van der Waals surface area contributed by atoms with Crippen molar-refractivity contribution in [3.05, 3.63) is 0 Å². The molecule has 0 aromatic carbocycles. The minimum atomic E-state index is -1.67. The van der Waals surface area contributed by atoms with E-state index in [0.717, 1.165) is 0 Å². The molecular weight excluding hydrogens is 889 g/mol. The number of hydrogen-bond donors (Lipinski definition) is 17. The van der Waals surface area contributed by atoms with E-state index in [0.29, 0.717) is 25.8 Å². The first-order chi connectivity index (χ1) is 31.0. The van der Waals surface area contributed by atoms with Crippen LogP contribution < -0.4 is 77.4 Å². The Labute approximate surface area is 388 Å². The molecule has 8 atom stereocenters. The Bertz CT molecular complexity index is 1680. The Kier molecular flexibility index (Phi) is 29.7. The van der Waals surface area contributed by atoms with E-state index in [1.54, 1.807) is 13.8 Å². The van der Waals surface area contributed by atoms with Gasteiger partial charge in [-0.3, -0.25) is 48.3 Å². The number of carboxylic acids is 1. The topological polar surface area (TPSA) is 485 Å². The van der Waals surface area contributed by atoms with Crippen molar-refractivity contribution >= 4 is 77.8 Å². The second kappa shape index (κ2) is 32.6. The quantitative estimate of drug-likeness (QED) is 0.0123. The number of hydrogen-bond acceptors (Lipinski definition) is 15. The van der Waals surface area contributed by atoms with E-state index >= 15 is 0 Å². The molecule has 0 saturated heterocycles. The highest BCUT2D eigenvalue weighted by Crippen LogP contribution is 2.09. The highest BCUT2D eigenvalue weighted by Gasteiger charge is 2.34. The molecule has 0 aromatic rings. The molecule has 0 saturated carbocycles. The molecule has 0 unspecified atom stereocenters. The van der Waals surface area contributed by atoms with Gasteiger partial charge in [0.15, 0.2) is 11.9 Å². The molecule has 0 bridgehead atoms. The van der Waals surface area contributed by atoms with Crippen LogP contribution in [0, 0.1) is 5.92 Å². The van der Waals surface area contributed by atoms with Crippen molar-refractivity contribution in [2.75, 3.05) is 32.0 Å². The Morgan fingerprint density at radius 2 is 0.985 bits per heavy atom. The molecule has 27 nitrogen and oxygen atoms in total. The number of carbonyl (C=O) groups excluding carboxylic acids is 8. The van der Waals surface area contributed by atoms with Gasteiger partial charge in [0.2, 0.25) is 47.3 Å². The third-order valence-electron chi connectivity index (χ3n) is 9.48. The van der Waals surface area contributed by atoms with Gasteiger partial charge in [-0.2, -0.15) is 12.6 Å². The molecule has 0 aliphatic rings. The lowest BCUT2D eigenvalue weighted by Gasteiger charge is -2.27. The number of aliphatic carboxylic acids is 1. The molecule has 0 radical (unpaired) electrons. The number of aliphatic imine (C=N–C) groups is 2. The van der Waals surface area contributed by atoms with Crippen LogP contribution in [0.4, 0.5) is 0 Å². The molecular formula is C38H72N16O11S. The average Bonchev–Trinajstić information content (AvgIpc) is 3.24. The number of aliphatic hydroxyl groups is 1. The van der Waals surface area contributed by atoms with E-state index in [4.69, 9.17) is 40.1 Å². The number of unbranched alkanes of at least 4 members (excludes halogenated alkanes) is 1. The van der Waals surface area contributed by atoms with Gasteiger partial charge in [0.05, 0.1) is 12.6 Å². The Morgan fingerprint density at radius 3 is 1.50 bits per heavy atom. The van der Waals surface area contributed by atoms with Crippen molar-refractivity contribution in [1.82, 2.24) is 37.2 Å². The van der Waals surface area contributed by atoms with Crippen molar-refractivity contribution in [3.8, 4) is 0 Å². The maximum absolute atomic E-state index is 13.7. The van der Waals surface area contributed by atoms with Gasteiger partial charge in [0.25, 0.3) is 0 Å². The van der Waals surface area contributed by atoms with Crippen LogP contribution in [0.5, 0.6) is 0 Å². The number of nitrogens with one attached hydrogen (secondary N) is 7. The van der Waals surface area contributed by atoms with Gasteiger partial charge in [-0.25, -0.2) is 4.79 Å². The standard InChI is InChI=1S/C38H72N16O11S/c1-19(2)16-25(33(61)50-23(11-12-28(41)56)32(60)54-27(18-66)35(63)51-24(36(64)65)9-4-5-13-39)52-34(62)26(17-55)53-29(57)20(3)48-31(59)22(10-7-15-47-38(44)45)49-30(58)21(40)8-6-14-46-37(42)43/h19-27,55,66H,4-18,39-40H2,1-3H3,(H2,41,56)(H,48,59)(H,49,58)(H,50,61)(H,51,63)(H,52,62)(H,53,57)(H,54,60)(H,64,65)(H4,42,43,46)(H4,44,45,47)/t20-,21-,22-,23-,24-,25-,26-,27-/m0/s1. The molecule has 0 aliphatic carbocycles. The maximum atomic E-state index is 13.7. The number of nitrogens with zero attached hydrogens (tertiary/aromatic N) is 2. The molecule has 8 amide bonds. The number of thiol groups is 1. The van der Waals surface area contributed by atoms with Gasteiger partial charge in [-0.15, -0.1) is 0 Å². The third-order valence-corrected chi connectivity index (χ3v) is 9.84. The molecule has 0 aromatic heterocycles. The van der Waals surface area contributed by atoms with Crippen molar-refractivity contribution < 1.29 is 53.4 Å². The Hall–Kier alpha value is -6.00. The van der Waals surface area contributed by atoms with Crippen molar-refractivity contribution in [2.24, 2.45) is 56.0 Å². The largest absolute Gasteiger partial charge is 0.480 e. The molecule has 0 rings (SSSR count). The van der Waals surface area contributed by atoms with Gasteiger partial charge in [-0.05, 0) is 77.2 Å². The Morgan fingerprint density at radius 1 is 0.545 bits per heavy atom. The summed E-state index contributed by atoms with van der Waals surface area (Å²) >= 11 is 4.11. The maximum Gasteiger partial charge on any atom is 0.326 e. The fraction of sp³-hybridized carbons (Fsp3) is 0.711. The summed E-state index contributed by atoms with van der Waals surface area (Å²) in [5.41, 5.74) is 38.2. The first-order valence-corrected chi connectivity index (χ1v) is 22.0. The monoisotopic (exact) mass is 961 g/mol. The second-order valence-corrected chi connectivity index (χ2v) is 16.1. The lowest BCUT2D eigenvalue weighted by Crippen LogP contribution is -2.60. The van der Waals surface area contributed by atoms with E-state index in [-0.39, 0.29) is 75.2 Å². The van der Waals surface area contributed by atoms with E-state index in [9.17, 15) is 53.4 Å². The fourth-order valence-electron chi connectivity index (χ4n) is 5.86. The van der Waals surface area contributed by atoms with Gasteiger partial charge >= 0.3 is 5.97 Å². The van der Waals surface area contributed by atoms with Gasteiger partial charge < -0.3 is 87.6 Å². The minimum Gasteiger partial charge on any atom is -0.480 e. The number of nitrogens with two attached hydrogens (primary N) is 7. The molecule has 28 heteroatoms. The van der Waals surface area contributed by atoms with Crippen LogP contribution in [-0.2, 0) is 43.2 Å². The van der Waals surface area contributed by atoms with Crippen LogP contribution in [0.1, 0.15) is 85.0 Å². The summed E-state index contributed by atoms with van der Waals surface area (Å²) in [6.45, 7) is 4.37. The lowest BCUT2D eigenvalue weighted by molar-refractivity contribution is -0.142. The zero-order valence-corrected chi connectivity index (χ0v) is 38.6. The number of primary amides is 1. The van der Waals surface area contributed by atoms with E-state index < -0.39 is 115 Å². The zero-order chi connectivity index (χ0) is 50.5. The highest BCUT2D eigenvalue weighted by molar-refractivity contribution is 7.80. The van der Waals surface area contributed by atoms with Crippen molar-refractivity contribution in [2.45, 2.75) is 133 Å².